The largest absolute Gasteiger partial charge is 0.508 e. The first-order valence-electron chi connectivity index (χ1n) is 10.2. The fraction of sp³-hybridized carbons (Fsp3) is 0.609. The Hall–Kier alpha value is -2.05. The van der Waals surface area contributed by atoms with E-state index in [2.05, 4.69) is 20.8 Å². The zero-order chi connectivity index (χ0) is 21.3. The maximum Gasteiger partial charge on any atom is 0.342 e. The normalized spacial score (nSPS) is 35.0. The Labute approximate surface area is 170 Å². The minimum absolute atomic E-state index is 0.0267. The number of fused-ring (bicyclic) bond motifs is 3. The summed E-state index contributed by atoms with van der Waals surface area (Å²) in [4.78, 5) is 12.8. The Bertz CT molecular complexity index is 878. The average Bonchev–Trinajstić information content (AvgIpc) is 2.92. The third-order valence-corrected chi connectivity index (χ3v) is 7.47. The van der Waals surface area contributed by atoms with Crippen LogP contribution < -0.4 is 0 Å². The van der Waals surface area contributed by atoms with Crippen molar-refractivity contribution in [1.29, 1.82) is 0 Å². The molecular weight excluding hydrogens is 372 g/mol. The van der Waals surface area contributed by atoms with Crippen LogP contribution >= 0.6 is 0 Å². The van der Waals surface area contributed by atoms with Gasteiger partial charge < -0.3 is 25.2 Å². The van der Waals surface area contributed by atoms with Crippen LogP contribution in [0.5, 0.6) is 11.5 Å². The lowest BCUT2D eigenvalue weighted by molar-refractivity contribution is -0.0571. The van der Waals surface area contributed by atoms with Gasteiger partial charge in [0.15, 0.2) is 0 Å². The van der Waals surface area contributed by atoms with Crippen LogP contribution in [0.2, 0.25) is 0 Å². The second kappa shape index (κ2) is 6.47. The summed E-state index contributed by atoms with van der Waals surface area (Å²) in [6.45, 7) is 7.94. The molecule has 1 aromatic rings. The van der Waals surface area contributed by atoms with Gasteiger partial charge in [-0.3, -0.25) is 0 Å². The summed E-state index contributed by atoms with van der Waals surface area (Å²) in [5.41, 5.74) is 1.81. The first kappa shape index (κ1) is 20.2. The molecule has 0 bridgehead atoms. The van der Waals surface area contributed by atoms with Gasteiger partial charge in [0.25, 0.3) is 0 Å². The minimum Gasteiger partial charge on any atom is -0.508 e. The summed E-state index contributed by atoms with van der Waals surface area (Å²) in [7, 11) is 0. The number of carbonyl (C=O) groups is 1. The molecule has 4 rings (SSSR count). The highest BCUT2D eigenvalue weighted by Crippen LogP contribution is 2.66. The Kier molecular flexibility index (Phi) is 4.52. The molecule has 2 fully saturated rings. The summed E-state index contributed by atoms with van der Waals surface area (Å²) in [6.07, 6.45) is 1.29. The molecule has 3 aliphatic rings. The van der Waals surface area contributed by atoms with E-state index in [1.54, 1.807) is 6.92 Å². The summed E-state index contributed by atoms with van der Waals surface area (Å²) in [6, 6.07) is 2.51. The monoisotopic (exact) mass is 402 g/mol. The predicted octanol–water partition coefficient (Wildman–Crippen LogP) is 3.06. The minimum atomic E-state index is -0.722. The number of carbonyl (C=O) groups excluding carboxylic acids is 1. The fourth-order valence-electron chi connectivity index (χ4n) is 6.30. The number of aliphatic hydroxyl groups excluding tert-OH is 2. The zero-order valence-corrected chi connectivity index (χ0v) is 17.4. The molecule has 0 radical (unpaired) electrons. The summed E-state index contributed by atoms with van der Waals surface area (Å²) >= 11 is 0. The predicted molar refractivity (Wildman–Crippen MR) is 107 cm³/mol. The highest BCUT2D eigenvalue weighted by molar-refractivity contribution is 5.94. The van der Waals surface area contributed by atoms with Gasteiger partial charge in [0.2, 0.25) is 0 Å². The topological polar surface area (TPSA) is 107 Å². The zero-order valence-electron chi connectivity index (χ0n) is 17.4. The van der Waals surface area contributed by atoms with Gasteiger partial charge in [-0.2, -0.15) is 0 Å². The van der Waals surface area contributed by atoms with Crippen LogP contribution in [0.1, 0.15) is 56.0 Å². The number of benzene rings is 1. The van der Waals surface area contributed by atoms with Gasteiger partial charge in [-0.15, -0.1) is 0 Å². The summed E-state index contributed by atoms with van der Waals surface area (Å²) in [5.74, 6) is -0.715. The Morgan fingerprint density at radius 3 is 2.48 bits per heavy atom. The lowest BCUT2D eigenvalue weighted by atomic mass is 9.49. The van der Waals surface area contributed by atoms with Gasteiger partial charge in [0.1, 0.15) is 23.2 Å². The maximum atomic E-state index is 12.8. The Morgan fingerprint density at radius 1 is 1.17 bits per heavy atom. The molecule has 0 saturated heterocycles. The smallest absolute Gasteiger partial charge is 0.342 e. The first-order valence-corrected chi connectivity index (χ1v) is 10.2. The third kappa shape index (κ3) is 2.96. The second-order valence-corrected chi connectivity index (χ2v) is 10.1. The number of aliphatic hydroxyl groups is 2. The molecule has 0 aliphatic heterocycles. The van der Waals surface area contributed by atoms with E-state index in [0.717, 1.165) is 24.5 Å². The van der Waals surface area contributed by atoms with Gasteiger partial charge in [-0.05, 0) is 71.6 Å². The number of hydrogen-bond acceptors (Lipinski definition) is 6. The molecule has 29 heavy (non-hydrogen) atoms. The van der Waals surface area contributed by atoms with Crippen molar-refractivity contribution in [2.45, 2.75) is 59.2 Å². The number of phenolic OH excluding ortho intramolecular Hbond substituents is 2. The standard InChI is InChI=1S/C23H30O6/c1-11-5-12(25)6-16(26)18(11)21(28)29-17-9-23(4)15-8-22(2,3)7-13(15)20(27)14(10-24)19(17)23/h5-6,13,15,17,20,24-27H,7-10H2,1-4H3/t13-,15-,17+,20+,23+/m0/s1. The van der Waals surface area contributed by atoms with E-state index in [9.17, 15) is 25.2 Å². The number of aryl methyl sites for hydroxylation is 1. The SMILES string of the molecule is Cc1cc(O)cc(O)c1C(=O)O[C@@H]1C[C@@]2(C)C1=C(CO)[C@H](O)[C@H]1CC(C)(C)C[C@@H]12. The molecule has 0 amide bonds. The molecule has 0 aromatic heterocycles. The number of hydrogen-bond donors (Lipinski definition) is 4. The van der Waals surface area contributed by atoms with Crippen LogP contribution in [0.25, 0.3) is 0 Å². The van der Waals surface area contributed by atoms with E-state index in [1.807, 2.05) is 0 Å². The van der Waals surface area contributed by atoms with Crippen LogP contribution in [-0.2, 0) is 4.74 Å². The van der Waals surface area contributed by atoms with Crippen LogP contribution in [0.3, 0.4) is 0 Å². The van der Waals surface area contributed by atoms with E-state index in [1.165, 1.54) is 6.07 Å². The molecule has 6 heteroatoms. The van der Waals surface area contributed by atoms with E-state index >= 15 is 0 Å². The third-order valence-electron chi connectivity index (χ3n) is 7.47. The van der Waals surface area contributed by atoms with Crippen molar-refractivity contribution in [3.63, 3.8) is 0 Å². The highest BCUT2D eigenvalue weighted by atomic mass is 16.5. The van der Waals surface area contributed by atoms with Crippen molar-refractivity contribution in [3.8, 4) is 11.5 Å². The lowest BCUT2D eigenvalue weighted by Crippen LogP contribution is -2.56. The van der Waals surface area contributed by atoms with Gasteiger partial charge in [-0.1, -0.05) is 20.8 Å². The van der Waals surface area contributed by atoms with Crippen molar-refractivity contribution >= 4 is 5.97 Å². The highest BCUT2D eigenvalue weighted by Gasteiger charge is 2.63. The van der Waals surface area contributed by atoms with E-state index < -0.39 is 18.2 Å². The van der Waals surface area contributed by atoms with Crippen molar-refractivity contribution in [2.24, 2.45) is 22.7 Å². The van der Waals surface area contributed by atoms with Gasteiger partial charge in [0, 0.05) is 6.07 Å². The number of ether oxygens (including phenoxy) is 1. The van der Waals surface area contributed by atoms with E-state index in [0.29, 0.717) is 17.6 Å². The summed E-state index contributed by atoms with van der Waals surface area (Å²) < 4.78 is 5.73. The molecule has 5 atom stereocenters. The molecule has 3 aliphatic carbocycles. The molecule has 6 nitrogen and oxygen atoms in total. The molecule has 1 aromatic carbocycles. The van der Waals surface area contributed by atoms with E-state index in [-0.39, 0.29) is 46.3 Å². The molecule has 0 heterocycles. The quantitative estimate of drug-likeness (QED) is 0.457. The average molecular weight is 402 g/mol. The second-order valence-electron chi connectivity index (χ2n) is 10.1. The van der Waals surface area contributed by atoms with Crippen LogP contribution in [0, 0.1) is 29.6 Å². The van der Waals surface area contributed by atoms with E-state index in [4.69, 9.17) is 4.74 Å². The molecule has 2 saturated carbocycles. The molecule has 0 spiro atoms. The lowest BCUT2D eigenvalue weighted by Gasteiger charge is -2.57. The van der Waals surface area contributed by atoms with Crippen molar-refractivity contribution in [2.75, 3.05) is 6.61 Å². The van der Waals surface area contributed by atoms with Gasteiger partial charge in [0.05, 0.1) is 12.7 Å². The van der Waals surface area contributed by atoms with Crippen LogP contribution in [0.15, 0.2) is 23.3 Å². The Balaban J connectivity index is 1.64. The molecule has 0 unspecified atom stereocenters. The number of phenols is 2. The molecule has 158 valence electrons. The van der Waals surface area contributed by atoms with Crippen LogP contribution in [0.4, 0.5) is 0 Å². The van der Waals surface area contributed by atoms with Crippen molar-refractivity contribution in [1.82, 2.24) is 0 Å². The fourth-order valence-corrected chi connectivity index (χ4v) is 6.30. The van der Waals surface area contributed by atoms with Gasteiger partial charge in [-0.25, -0.2) is 4.79 Å². The number of aromatic hydroxyl groups is 2. The molecule has 4 N–H and O–H groups in total. The van der Waals surface area contributed by atoms with Crippen LogP contribution in [-0.4, -0.2) is 45.2 Å². The summed E-state index contributed by atoms with van der Waals surface area (Å²) in [5, 5.41) is 40.7. The first-order chi connectivity index (χ1) is 13.5. The Morgan fingerprint density at radius 2 is 1.86 bits per heavy atom. The number of rotatable bonds is 3. The number of esters is 1. The van der Waals surface area contributed by atoms with Gasteiger partial charge >= 0.3 is 5.97 Å². The van der Waals surface area contributed by atoms with Crippen molar-refractivity contribution in [3.05, 3.63) is 34.4 Å². The molecular formula is C23H30O6. The maximum absolute atomic E-state index is 12.8. The van der Waals surface area contributed by atoms with Crippen molar-refractivity contribution < 1.29 is 30.0 Å².